The molecule has 0 spiro atoms. The third-order valence-electron chi connectivity index (χ3n) is 3.31. The van der Waals surface area contributed by atoms with E-state index in [1.165, 1.54) is 6.20 Å². The van der Waals surface area contributed by atoms with Gasteiger partial charge in [0.15, 0.2) is 5.82 Å². The maximum absolute atomic E-state index is 11.2. The number of rotatable bonds is 5. The highest BCUT2D eigenvalue weighted by molar-refractivity contribution is 7.14. The molecule has 0 bridgehead atoms. The number of aromatic nitrogens is 3. The van der Waals surface area contributed by atoms with E-state index in [-0.39, 0.29) is 11.5 Å². The number of hydrogen-bond acceptors (Lipinski definition) is 6. The molecule has 7 heteroatoms. The van der Waals surface area contributed by atoms with Crippen molar-refractivity contribution in [2.45, 2.75) is 19.8 Å². The number of thiazole rings is 1. The molecule has 0 aromatic carbocycles. The van der Waals surface area contributed by atoms with Gasteiger partial charge in [-0.05, 0) is 29.5 Å². The smallest absolute Gasteiger partial charge is 0.339 e. The summed E-state index contributed by atoms with van der Waals surface area (Å²) < 4.78 is 0. The molecule has 0 aliphatic carbocycles. The number of carbonyl (C=O) groups is 1. The molecule has 122 valence electrons. The summed E-state index contributed by atoms with van der Waals surface area (Å²) in [5.41, 5.74) is 2.64. The molecule has 0 fully saturated rings. The van der Waals surface area contributed by atoms with Gasteiger partial charge in [0.25, 0.3) is 0 Å². The first-order valence-electron chi connectivity index (χ1n) is 7.31. The van der Waals surface area contributed by atoms with Crippen LogP contribution in [0.15, 0.2) is 28.4 Å². The maximum atomic E-state index is 11.2. The largest absolute Gasteiger partial charge is 0.478 e. The number of nitrogens with zero attached hydrogens (tertiary/aromatic N) is 3. The molecule has 1 N–H and O–H groups in total. The average Bonchev–Trinajstić information content (AvgIpc) is 3.23. The van der Waals surface area contributed by atoms with E-state index >= 15 is 0 Å². The van der Waals surface area contributed by atoms with Crippen LogP contribution in [0.1, 0.15) is 47.3 Å². The zero-order valence-electron chi connectivity index (χ0n) is 13.1. The topological polar surface area (TPSA) is 76.0 Å². The molecular weight excluding hydrogens is 342 g/mol. The van der Waals surface area contributed by atoms with Gasteiger partial charge in [0, 0.05) is 22.5 Å². The highest BCUT2D eigenvalue weighted by Gasteiger charge is 2.15. The summed E-state index contributed by atoms with van der Waals surface area (Å²) in [5, 5.41) is 16.2. The average molecular weight is 357 g/mol. The SMILES string of the molecule is CC(C)c1nc(/C=C/c2csc(-c3ccsc3)n2)ncc1C(=O)O. The molecule has 3 heterocycles. The van der Waals surface area contributed by atoms with E-state index in [9.17, 15) is 9.90 Å². The molecule has 0 saturated heterocycles. The van der Waals surface area contributed by atoms with E-state index < -0.39 is 5.97 Å². The number of thiophene rings is 1. The summed E-state index contributed by atoms with van der Waals surface area (Å²) in [6.45, 7) is 3.83. The van der Waals surface area contributed by atoms with Gasteiger partial charge < -0.3 is 5.11 Å². The first kappa shape index (κ1) is 16.5. The monoisotopic (exact) mass is 357 g/mol. The second-order valence-electron chi connectivity index (χ2n) is 5.41. The Balaban J connectivity index is 1.84. The number of hydrogen-bond donors (Lipinski definition) is 1. The van der Waals surface area contributed by atoms with Crippen molar-refractivity contribution >= 4 is 40.8 Å². The molecule has 3 aromatic rings. The van der Waals surface area contributed by atoms with Gasteiger partial charge in [-0.15, -0.1) is 11.3 Å². The lowest BCUT2D eigenvalue weighted by atomic mass is 10.1. The quantitative estimate of drug-likeness (QED) is 0.719. The molecule has 0 aliphatic heterocycles. The van der Waals surface area contributed by atoms with Gasteiger partial charge in [-0.3, -0.25) is 0 Å². The van der Waals surface area contributed by atoms with E-state index in [2.05, 4.69) is 20.3 Å². The van der Waals surface area contributed by atoms with Crippen LogP contribution >= 0.6 is 22.7 Å². The summed E-state index contributed by atoms with van der Waals surface area (Å²) in [4.78, 5) is 24.3. The first-order chi connectivity index (χ1) is 11.5. The Hall–Kier alpha value is -2.38. The Bertz CT molecular complexity index is 883. The Morgan fingerprint density at radius 3 is 2.75 bits per heavy atom. The highest BCUT2D eigenvalue weighted by Crippen LogP contribution is 2.26. The van der Waals surface area contributed by atoms with Crippen molar-refractivity contribution in [2.24, 2.45) is 0 Å². The molecule has 0 unspecified atom stereocenters. The van der Waals surface area contributed by atoms with Crippen LogP contribution in [0, 0.1) is 0 Å². The normalized spacial score (nSPS) is 11.5. The predicted octanol–water partition coefficient (Wildman–Crippen LogP) is 4.65. The summed E-state index contributed by atoms with van der Waals surface area (Å²) in [6.07, 6.45) is 4.96. The molecule has 0 aliphatic rings. The van der Waals surface area contributed by atoms with E-state index in [0.717, 1.165) is 16.3 Å². The van der Waals surface area contributed by atoms with Gasteiger partial charge in [-0.2, -0.15) is 11.3 Å². The minimum absolute atomic E-state index is 0.00992. The highest BCUT2D eigenvalue weighted by atomic mass is 32.1. The molecule has 24 heavy (non-hydrogen) atoms. The van der Waals surface area contributed by atoms with Crippen molar-refractivity contribution in [3.63, 3.8) is 0 Å². The molecule has 3 aromatic heterocycles. The van der Waals surface area contributed by atoms with E-state index in [0.29, 0.717) is 11.5 Å². The fourth-order valence-corrected chi connectivity index (χ4v) is 3.64. The molecular formula is C17H15N3O2S2. The van der Waals surface area contributed by atoms with Gasteiger partial charge in [-0.25, -0.2) is 19.7 Å². The van der Waals surface area contributed by atoms with Crippen molar-refractivity contribution in [3.8, 4) is 10.6 Å². The Morgan fingerprint density at radius 2 is 2.08 bits per heavy atom. The van der Waals surface area contributed by atoms with Crippen molar-refractivity contribution < 1.29 is 9.90 Å². The lowest BCUT2D eigenvalue weighted by molar-refractivity contribution is 0.0694. The van der Waals surface area contributed by atoms with E-state index in [1.807, 2.05) is 36.7 Å². The summed E-state index contributed by atoms with van der Waals surface area (Å²) in [6, 6.07) is 2.04. The van der Waals surface area contributed by atoms with Gasteiger partial charge in [0.05, 0.1) is 17.0 Å². The molecule has 0 saturated carbocycles. The lowest BCUT2D eigenvalue weighted by Crippen LogP contribution is -2.08. The van der Waals surface area contributed by atoms with Crippen LogP contribution in [-0.4, -0.2) is 26.0 Å². The first-order valence-corrected chi connectivity index (χ1v) is 9.13. The van der Waals surface area contributed by atoms with Gasteiger partial charge in [-0.1, -0.05) is 13.8 Å². The van der Waals surface area contributed by atoms with Crippen LogP contribution in [0.2, 0.25) is 0 Å². The van der Waals surface area contributed by atoms with Gasteiger partial charge in [0.1, 0.15) is 5.01 Å². The molecule has 3 rings (SSSR count). The second kappa shape index (κ2) is 7.02. The Labute approximate surface area is 147 Å². The zero-order valence-corrected chi connectivity index (χ0v) is 14.8. The minimum Gasteiger partial charge on any atom is -0.478 e. The van der Waals surface area contributed by atoms with Crippen LogP contribution in [0.25, 0.3) is 22.7 Å². The zero-order chi connectivity index (χ0) is 17.1. The van der Waals surface area contributed by atoms with E-state index in [1.54, 1.807) is 28.7 Å². The fourth-order valence-electron chi connectivity index (χ4n) is 2.14. The van der Waals surface area contributed by atoms with Crippen molar-refractivity contribution in [3.05, 3.63) is 51.2 Å². The predicted molar refractivity (Wildman–Crippen MR) is 97.4 cm³/mol. The summed E-state index contributed by atoms with van der Waals surface area (Å²) in [5.74, 6) is -0.515. The van der Waals surface area contributed by atoms with Crippen molar-refractivity contribution in [1.82, 2.24) is 15.0 Å². The third kappa shape index (κ3) is 3.58. The summed E-state index contributed by atoms with van der Waals surface area (Å²) >= 11 is 3.23. The molecule has 5 nitrogen and oxygen atoms in total. The third-order valence-corrected chi connectivity index (χ3v) is 4.90. The van der Waals surface area contributed by atoms with Gasteiger partial charge >= 0.3 is 5.97 Å². The van der Waals surface area contributed by atoms with Crippen molar-refractivity contribution in [2.75, 3.05) is 0 Å². The van der Waals surface area contributed by atoms with Crippen LogP contribution in [-0.2, 0) is 0 Å². The number of aromatic carboxylic acids is 1. The Morgan fingerprint density at radius 1 is 1.25 bits per heavy atom. The van der Waals surface area contributed by atoms with Gasteiger partial charge in [0.2, 0.25) is 0 Å². The van der Waals surface area contributed by atoms with Crippen LogP contribution in [0.5, 0.6) is 0 Å². The number of carboxylic acids is 1. The molecule has 0 amide bonds. The van der Waals surface area contributed by atoms with Crippen LogP contribution < -0.4 is 0 Å². The minimum atomic E-state index is -1.01. The maximum Gasteiger partial charge on any atom is 0.339 e. The fraction of sp³-hybridized carbons (Fsp3) is 0.176. The number of carboxylic acid groups (broad SMARTS) is 1. The molecule has 0 atom stereocenters. The second-order valence-corrected chi connectivity index (χ2v) is 7.05. The molecule has 0 radical (unpaired) electrons. The van der Waals surface area contributed by atoms with E-state index in [4.69, 9.17) is 0 Å². The van der Waals surface area contributed by atoms with Crippen LogP contribution in [0.3, 0.4) is 0 Å². The lowest BCUT2D eigenvalue weighted by Gasteiger charge is -2.08. The summed E-state index contributed by atoms with van der Waals surface area (Å²) in [7, 11) is 0. The van der Waals surface area contributed by atoms with Crippen molar-refractivity contribution in [1.29, 1.82) is 0 Å². The standard InChI is InChI=1S/C17H15N3O2S2/c1-10(2)15-13(17(21)22)7-18-14(20-15)4-3-12-9-24-16(19-12)11-5-6-23-8-11/h3-10H,1-2H3,(H,21,22)/b4-3+. The Kier molecular flexibility index (Phi) is 4.82. The van der Waals surface area contributed by atoms with Crippen LogP contribution in [0.4, 0.5) is 0 Å².